The molecular formula is C16H13Cl3N2O3. The molecule has 2 aromatic carbocycles. The van der Waals surface area contributed by atoms with Crippen LogP contribution in [0.2, 0.25) is 15.1 Å². The van der Waals surface area contributed by atoms with E-state index in [1.807, 2.05) is 0 Å². The van der Waals surface area contributed by atoms with Crippen molar-refractivity contribution in [2.75, 3.05) is 19.2 Å². The Bertz CT molecular complexity index is 730. The van der Waals surface area contributed by atoms with Crippen LogP contribution in [-0.2, 0) is 4.74 Å². The number of urea groups is 1. The number of hydrogen-bond acceptors (Lipinski definition) is 3. The van der Waals surface area contributed by atoms with E-state index in [0.29, 0.717) is 10.7 Å². The van der Waals surface area contributed by atoms with Crippen molar-refractivity contribution < 1.29 is 14.3 Å². The van der Waals surface area contributed by atoms with Gasteiger partial charge in [-0.1, -0.05) is 40.9 Å². The first-order valence-electron chi connectivity index (χ1n) is 6.75. The zero-order valence-electron chi connectivity index (χ0n) is 12.6. The standard InChI is InChI=1S/C16H13Cl3N2O3/c1-24-9-21(15(22)14-12(18)3-2-4-13(14)19)16(23)20-11-7-5-10(17)6-8-11/h2-8H,9H2,1H3,(H,20,23). The third kappa shape index (κ3) is 4.39. The molecule has 0 saturated heterocycles. The Morgan fingerprint density at radius 1 is 1.04 bits per heavy atom. The van der Waals surface area contributed by atoms with Gasteiger partial charge in [0.1, 0.15) is 6.73 Å². The van der Waals surface area contributed by atoms with Gasteiger partial charge in [-0.05, 0) is 36.4 Å². The van der Waals surface area contributed by atoms with E-state index < -0.39 is 11.9 Å². The molecule has 0 unspecified atom stereocenters. The smallest absolute Gasteiger partial charge is 0.330 e. The van der Waals surface area contributed by atoms with Crippen molar-refractivity contribution in [2.45, 2.75) is 0 Å². The van der Waals surface area contributed by atoms with E-state index in [1.54, 1.807) is 30.3 Å². The van der Waals surface area contributed by atoms with Gasteiger partial charge in [0.15, 0.2) is 0 Å². The van der Waals surface area contributed by atoms with E-state index in [2.05, 4.69) is 5.32 Å². The molecule has 0 spiro atoms. The van der Waals surface area contributed by atoms with Crippen molar-refractivity contribution in [3.8, 4) is 0 Å². The van der Waals surface area contributed by atoms with E-state index >= 15 is 0 Å². The van der Waals surface area contributed by atoms with Crippen LogP contribution < -0.4 is 5.32 Å². The Labute approximate surface area is 154 Å². The van der Waals surface area contributed by atoms with Gasteiger partial charge in [0.05, 0.1) is 15.6 Å². The number of amides is 3. The summed E-state index contributed by atoms with van der Waals surface area (Å²) in [6, 6.07) is 10.4. The highest BCUT2D eigenvalue weighted by Crippen LogP contribution is 2.26. The third-order valence-corrected chi connectivity index (χ3v) is 3.90. The molecule has 2 aromatic rings. The molecule has 0 aliphatic carbocycles. The number of halogens is 3. The summed E-state index contributed by atoms with van der Waals surface area (Å²) in [6.45, 7) is -0.264. The molecule has 0 radical (unpaired) electrons. The third-order valence-electron chi connectivity index (χ3n) is 3.02. The summed E-state index contributed by atoms with van der Waals surface area (Å²) < 4.78 is 4.94. The van der Waals surface area contributed by atoms with Crippen LogP contribution in [0.4, 0.5) is 10.5 Å². The Balaban J connectivity index is 2.26. The predicted octanol–water partition coefficient (Wildman–Crippen LogP) is 4.93. The Morgan fingerprint density at radius 2 is 1.62 bits per heavy atom. The highest BCUT2D eigenvalue weighted by Gasteiger charge is 2.26. The number of imide groups is 1. The molecule has 8 heteroatoms. The molecule has 1 N–H and O–H groups in total. The van der Waals surface area contributed by atoms with Gasteiger partial charge in [0.2, 0.25) is 0 Å². The SMILES string of the molecule is COCN(C(=O)Nc1ccc(Cl)cc1)C(=O)c1c(Cl)cccc1Cl. The van der Waals surface area contributed by atoms with Crippen LogP contribution in [0.15, 0.2) is 42.5 Å². The van der Waals surface area contributed by atoms with Crippen LogP contribution in [-0.4, -0.2) is 30.7 Å². The fourth-order valence-electron chi connectivity index (χ4n) is 1.90. The zero-order valence-corrected chi connectivity index (χ0v) is 14.8. The van der Waals surface area contributed by atoms with Crippen LogP contribution in [0.5, 0.6) is 0 Å². The molecular weight excluding hydrogens is 375 g/mol. The lowest BCUT2D eigenvalue weighted by molar-refractivity contribution is 0.0556. The minimum absolute atomic E-state index is 0.0316. The Kier molecular flexibility index (Phi) is 6.45. The number of anilines is 1. The number of carbonyl (C=O) groups is 2. The molecule has 0 heterocycles. The summed E-state index contributed by atoms with van der Waals surface area (Å²) >= 11 is 17.9. The first kappa shape index (κ1) is 18.5. The summed E-state index contributed by atoms with van der Waals surface area (Å²) in [7, 11) is 1.37. The quantitative estimate of drug-likeness (QED) is 0.757. The molecule has 3 amide bonds. The summed E-state index contributed by atoms with van der Waals surface area (Å²) in [5.41, 5.74) is 0.507. The van der Waals surface area contributed by atoms with Gasteiger partial charge < -0.3 is 10.1 Å². The second kappa shape index (κ2) is 8.35. The Hall–Kier alpha value is -1.79. The molecule has 0 bridgehead atoms. The van der Waals surface area contributed by atoms with E-state index in [4.69, 9.17) is 39.5 Å². The normalized spacial score (nSPS) is 10.3. The summed E-state index contributed by atoms with van der Waals surface area (Å²) in [5, 5.41) is 3.41. The van der Waals surface area contributed by atoms with Gasteiger partial charge in [-0.25, -0.2) is 9.69 Å². The van der Waals surface area contributed by atoms with E-state index in [0.717, 1.165) is 4.90 Å². The maximum atomic E-state index is 12.7. The zero-order chi connectivity index (χ0) is 17.7. The maximum Gasteiger partial charge on any atom is 0.330 e. The minimum Gasteiger partial charge on any atom is -0.364 e. The molecule has 126 valence electrons. The average Bonchev–Trinajstić information content (AvgIpc) is 2.54. The van der Waals surface area contributed by atoms with Gasteiger partial charge >= 0.3 is 6.03 Å². The van der Waals surface area contributed by atoms with Gasteiger partial charge in [0, 0.05) is 17.8 Å². The second-order valence-electron chi connectivity index (χ2n) is 4.68. The van der Waals surface area contributed by atoms with Gasteiger partial charge in [-0.3, -0.25) is 4.79 Å². The molecule has 0 atom stereocenters. The fraction of sp³-hybridized carbons (Fsp3) is 0.125. The maximum absolute atomic E-state index is 12.7. The van der Waals surface area contributed by atoms with E-state index in [-0.39, 0.29) is 22.3 Å². The Morgan fingerprint density at radius 3 is 2.17 bits per heavy atom. The van der Waals surface area contributed by atoms with Crippen molar-refractivity contribution in [3.05, 3.63) is 63.1 Å². The topological polar surface area (TPSA) is 58.6 Å². The summed E-state index contributed by atoms with van der Waals surface area (Å²) in [5.74, 6) is -0.668. The van der Waals surface area contributed by atoms with Gasteiger partial charge in [-0.2, -0.15) is 0 Å². The number of benzene rings is 2. The van der Waals surface area contributed by atoms with Crippen molar-refractivity contribution >= 4 is 52.4 Å². The highest BCUT2D eigenvalue weighted by molar-refractivity contribution is 6.40. The molecule has 0 aliphatic rings. The summed E-state index contributed by atoms with van der Waals surface area (Å²) in [4.78, 5) is 25.9. The lowest BCUT2D eigenvalue weighted by atomic mass is 10.2. The number of rotatable bonds is 4. The number of methoxy groups -OCH3 is 1. The molecule has 0 aliphatic heterocycles. The lowest BCUT2D eigenvalue weighted by Gasteiger charge is -2.21. The van der Waals surface area contributed by atoms with Crippen LogP contribution in [0, 0.1) is 0 Å². The second-order valence-corrected chi connectivity index (χ2v) is 5.94. The van der Waals surface area contributed by atoms with E-state index in [9.17, 15) is 9.59 Å². The van der Waals surface area contributed by atoms with Gasteiger partial charge in [-0.15, -0.1) is 0 Å². The predicted molar refractivity (Wildman–Crippen MR) is 95.0 cm³/mol. The number of ether oxygens (including phenoxy) is 1. The largest absolute Gasteiger partial charge is 0.364 e. The fourth-order valence-corrected chi connectivity index (χ4v) is 2.58. The van der Waals surface area contributed by atoms with Crippen LogP contribution in [0.25, 0.3) is 0 Å². The molecule has 0 aromatic heterocycles. The number of nitrogens with zero attached hydrogens (tertiary/aromatic N) is 1. The molecule has 0 fully saturated rings. The molecule has 5 nitrogen and oxygen atoms in total. The first-order chi connectivity index (χ1) is 11.4. The van der Waals surface area contributed by atoms with Crippen molar-refractivity contribution in [1.82, 2.24) is 4.90 Å². The van der Waals surface area contributed by atoms with E-state index in [1.165, 1.54) is 19.2 Å². The average molecular weight is 388 g/mol. The monoisotopic (exact) mass is 386 g/mol. The number of carbonyl (C=O) groups excluding carboxylic acids is 2. The van der Waals surface area contributed by atoms with Crippen LogP contribution in [0.3, 0.4) is 0 Å². The molecule has 24 heavy (non-hydrogen) atoms. The van der Waals surface area contributed by atoms with Crippen molar-refractivity contribution in [1.29, 1.82) is 0 Å². The van der Waals surface area contributed by atoms with Gasteiger partial charge in [0.25, 0.3) is 5.91 Å². The molecule has 0 saturated carbocycles. The van der Waals surface area contributed by atoms with Crippen LogP contribution in [0.1, 0.15) is 10.4 Å². The molecule has 2 rings (SSSR count). The minimum atomic E-state index is -0.680. The highest BCUT2D eigenvalue weighted by atomic mass is 35.5. The summed E-state index contributed by atoms with van der Waals surface area (Å²) in [6.07, 6.45) is 0. The lowest BCUT2D eigenvalue weighted by Crippen LogP contribution is -2.41. The first-order valence-corrected chi connectivity index (χ1v) is 7.88. The van der Waals surface area contributed by atoms with Crippen molar-refractivity contribution in [3.63, 3.8) is 0 Å². The van der Waals surface area contributed by atoms with Crippen molar-refractivity contribution in [2.24, 2.45) is 0 Å². The number of hydrogen-bond donors (Lipinski definition) is 1. The van der Waals surface area contributed by atoms with Crippen LogP contribution >= 0.6 is 34.8 Å². The number of nitrogens with one attached hydrogen (secondary N) is 1.